The van der Waals surface area contributed by atoms with Crippen molar-refractivity contribution in [2.24, 2.45) is 0 Å². The van der Waals surface area contributed by atoms with Gasteiger partial charge in [-0.1, -0.05) is 0 Å². The summed E-state index contributed by atoms with van der Waals surface area (Å²) in [5.74, 6) is 0.402. The molecule has 0 aliphatic rings. The highest BCUT2D eigenvalue weighted by molar-refractivity contribution is 14.1. The summed E-state index contributed by atoms with van der Waals surface area (Å²) in [5.41, 5.74) is 2.72. The summed E-state index contributed by atoms with van der Waals surface area (Å²) < 4.78 is 1.15. The maximum Gasteiger partial charge on any atom is 0.0995 e. The zero-order chi connectivity index (χ0) is 9.14. The maximum atomic E-state index is 8.75. The van der Waals surface area contributed by atoms with Crippen molar-refractivity contribution in [2.45, 2.75) is 12.8 Å². The van der Waals surface area contributed by atoms with Crippen LogP contribution in [0.3, 0.4) is 0 Å². The molecule has 0 spiro atoms. The van der Waals surface area contributed by atoms with Crippen molar-refractivity contribution in [1.82, 2.24) is 0 Å². The van der Waals surface area contributed by atoms with Gasteiger partial charge in [-0.05, 0) is 52.8 Å². The number of alkyl halides is 1. The summed E-state index contributed by atoms with van der Waals surface area (Å²) in [6.07, 6.45) is 0. The molecule has 0 aliphatic carbocycles. The Balaban J connectivity index is 3.31. The Morgan fingerprint density at radius 3 is 2.75 bits per heavy atom. The van der Waals surface area contributed by atoms with Crippen LogP contribution in [-0.2, 0) is 5.88 Å². The van der Waals surface area contributed by atoms with E-state index >= 15 is 0 Å². The smallest absolute Gasteiger partial charge is 0.0995 e. The lowest BCUT2D eigenvalue weighted by Crippen LogP contribution is -1.90. The van der Waals surface area contributed by atoms with E-state index in [0.717, 1.165) is 14.7 Å². The third kappa shape index (κ3) is 1.90. The van der Waals surface area contributed by atoms with Crippen LogP contribution in [0, 0.1) is 21.8 Å². The van der Waals surface area contributed by atoms with Crippen LogP contribution >= 0.6 is 34.2 Å². The molecular formula is C9H7ClIN. The molecule has 0 atom stereocenters. The van der Waals surface area contributed by atoms with Crippen LogP contribution in [-0.4, -0.2) is 0 Å². The fourth-order valence-corrected chi connectivity index (χ4v) is 1.69. The van der Waals surface area contributed by atoms with Gasteiger partial charge in [-0.25, -0.2) is 0 Å². The molecule has 1 nitrogen and oxygen atoms in total. The molecule has 1 aromatic rings. The Labute approximate surface area is 90.5 Å². The molecule has 12 heavy (non-hydrogen) atoms. The molecule has 0 aliphatic heterocycles. The van der Waals surface area contributed by atoms with Crippen molar-refractivity contribution in [3.05, 3.63) is 32.4 Å². The lowest BCUT2D eigenvalue weighted by molar-refractivity contribution is 1.29. The Bertz CT molecular complexity index is 341. The van der Waals surface area contributed by atoms with Crippen molar-refractivity contribution in [3.8, 4) is 6.07 Å². The van der Waals surface area contributed by atoms with E-state index in [0.29, 0.717) is 11.4 Å². The van der Waals surface area contributed by atoms with Crippen molar-refractivity contribution in [1.29, 1.82) is 5.26 Å². The molecule has 0 N–H and O–H groups in total. The van der Waals surface area contributed by atoms with Gasteiger partial charge in [0.25, 0.3) is 0 Å². The highest BCUT2D eigenvalue weighted by Gasteiger charge is 2.03. The van der Waals surface area contributed by atoms with Gasteiger partial charge in [-0.3, -0.25) is 0 Å². The zero-order valence-electron chi connectivity index (χ0n) is 6.56. The highest BCUT2D eigenvalue weighted by Crippen LogP contribution is 2.19. The van der Waals surface area contributed by atoms with Gasteiger partial charge in [0.05, 0.1) is 11.6 Å². The maximum absolute atomic E-state index is 8.75. The Morgan fingerprint density at radius 1 is 1.58 bits per heavy atom. The number of nitriles is 1. The van der Waals surface area contributed by atoms with Crippen LogP contribution in [0.4, 0.5) is 0 Å². The van der Waals surface area contributed by atoms with Gasteiger partial charge in [0.2, 0.25) is 0 Å². The molecule has 62 valence electrons. The van der Waals surface area contributed by atoms with E-state index in [-0.39, 0.29) is 0 Å². The van der Waals surface area contributed by atoms with Crippen LogP contribution in [0.2, 0.25) is 0 Å². The highest BCUT2D eigenvalue weighted by atomic mass is 127. The summed E-state index contributed by atoms with van der Waals surface area (Å²) in [6, 6.07) is 5.96. The standard InChI is InChI=1S/C9H7ClIN/c1-6-2-8(5-12)7(4-10)3-9(6)11/h2-3H,4H2,1H3. The molecule has 1 rings (SSSR count). The third-order valence-corrected chi connectivity index (χ3v) is 3.10. The lowest BCUT2D eigenvalue weighted by Gasteiger charge is -2.03. The first kappa shape index (κ1) is 9.82. The van der Waals surface area contributed by atoms with Gasteiger partial charge in [0.1, 0.15) is 0 Å². The quantitative estimate of drug-likeness (QED) is 0.576. The average Bonchev–Trinajstić information content (AvgIpc) is 2.09. The van der Waals surface area contributed by atoms with E-state index in [4.69, 9.17) is 16.9 Å². The molecule has 0 amide bonds. The predicted octanol–water partition coefficient (Wildman–Crippen LogP) is 3.21. The summed E-state index contributed by atoms with van der Waals surface area (Å²) in [5, 5.41) is 8.75. The molecule has 0 unspecified atom stereocenters. The molecular weight excluding hydrogens is 284 g/mol. The molecule has 0 radical (unpaired) electrons. The topological polar surface area (TPSA) is 23.8 Å². The summed E-state index contributed by atoms with van der Waals surface area (Å²) in [4.78, 5) is 0. The first-order chi connectivity index (χ1) is 5.69. The number of halogens is 2. The monoisotopic (exact) mass is 291 g/mol. The van der Waals surface area contributed by atoms with E-state index in [2.05, 4.69) is 28.7 Å². The second-order valence-electron chi connectivity index (χ2n) is 2.50. The minimum Gasteiger partial charge on any atom is -0.192 e. The molecule has 0 aromatic heterocycles. The third-order valence-electron chi connectivity index (χ3n) is 1.65. The van der Waals surface area contributed by atoms with Crippen LogP contribution < -0.4 is 0 Å². The van der Waals surface area contributed by atoms with Crippen molar-refractivity contribution in [3.63, 3.8) is 0 Å². The second-order valence-corrected chi connectivity index (χ2v) is 3.93. The molecule has 0 saturated carbocycles. The molecule has 1 aromatic carbocycles. The number of aryl methyl sites for hydroxylation is 1. The number of hydrogen-bond donors (Lipinski definition) is 0. The molecule has 0 bridgehead atoms. The number of rotatable bonds is 1. The van der Waals surface area contributed by atoms with Gasteiger partial charge in [0, 0.05) is 9.45 Å². The molecule has 0 heterocycles. The van der Waals surface area contributed by atoms with E-state index in [1.54, 1.807) is 0 Å². The van der Waals surface area contributed by atoms with Crippen LogP contribution in [0.1, 0.15) is 16.7 Å². The minimum absolute atomic E-state index is 0.402. The normalized spacial score (nSPS) is 9.50. The first-order valence-electron chi connectivity index (χ1n) is 3.44. The van der Waals surface area contributed by atoms with Crippen LogP contribution in [0.15, 0.2) is 12.1 Å². The van der Waals surface area contributed by atoms with E-state index in [9.17, 15) is 0 Å². The minimum atomic E-state index is 0.402. The van der Waals surface area contributed by atoms with E-state index < -0.39 is 0 Å². The van der Waals surface area contributed by atoms with Gasteiger partial charge >= 0.3 is 0 Å². The average molecular weight is 292 g/mol. The van der Waals surface area contributed by atoms with Crippen LogP contribution in [0.5, 0.6) is 0 Å². The van der Waals surface area contributed by atoms with Gasteiger partial charge < -0.3 is 0 Å². The van der Waals surface area contributed by atoms with Gasteiger partial charge in [-0.2, -0.15) is 5.26 Å². The fourth-order valence-electron chi connectivity index (χ4n) is 0.937. The van der Waals surface area contributed by atoms with Crippen molar-refractivity contribution in [2.75, 3.05) is 0 Å². The Hall–Kier alpha value is -0.270. The van der Waals surface area contributed by atoms with Crippen LogP contribution in [0.25, 0.3) is 0 Å². The number of benzene rings is 1. The van der Waals surface area contributed by atoms with E-state index in [1.165, 1.54) is 0 Å². The molecule has 0 fully saturated rings. The van der Waals surface area contributed by atoms with E-state index in [1.807, 2.05) is 19.1 Å². The fraction of sp³-hybridized carbons (Fsp3) is 0.222. The predicted molar refractivity (Wildman–Crippen MR) is 58.2 cm³/mol. The first-order valence-corrected chi connectivity index (χ1v) is 5.05. The van der Waals surface area contributed by atoms with Gasteiger partial charge in [0.15, 0.2) is 0 Å². The summed E-state index contributed by atoms with van der Waals surface area (Å²) >= 11 is 7.92. The van der Waals surface area contributed by atoms with Gasteiger partial charge in [-0.15, -0.1) is 11.6 Å². The largest absolute Gasteiger partial charge is 0.192 e. The Morgan fingerprint density at radius 2 is 2.25 bits per heavy atom. The molecule has 3 heteroatoms. The Kier molecular flexibility index (Phi) is 3.36. The summed E-state index contributed by atoms with van der Waals surface area (Å²) in [7, 11) is 0. The second kappa shape index (κ2) is 4.11. The van der Waals surface area contributed by atoms with Crippen molar-refractivity contribution >= 4 is 34.2 Å². The summed E-state index contributed by atoms with van der Waals surface area (Å²) in [6.45, 7) is 1.99. The molecule has 0 saturated heterocycles. The number of nitrogens with zero attached hydrogens (tertiary/aromatic N) is 1. The lowest BCUT2D eigenvalue weighted by atomic mass is 10.1. The zero-order valence-corrected chi connectivity index (χ0v) is 9.48. The SMILES string of the molecule is Cc1cc(C#N)c(CCl)cc1I. The van der Waals surface area contributed by atoms with Crippen molar-refractivity contribution < 1.29 is 0 Å². The number of hydrogen-bond acceptors (Lipinski definition) is 1.